The summed E-state index contributed by atoms with van der Waals surface area (Å²) >= 11 is 1.31. The van der Waals surface area contributed by atoms with Crippen LogP contribution in [-0.2, 0) is 13.5 Å². The normalized spacial score (nSPS) is 10.8. The molecule has 0 fully saturated rings. The maximum Gasteiger partial charge on any atom is 0.262 e. The van der Waals surface area contributed by atoms with Gasteiger partial charge in [0.05, 0.1) is 5.52 Å². The van der Waals surface area contributed by atoms with Gasteiger partial charge in [-0.15, -0.1) is 10.2 Å². The second kappa shape index (κ2) is 5.69. The zero-order valence-electron chi connectivity index (χ0n) is 12.2. The largest absolute Gasteiger partial charge is 0.350 e. The number of carbonyl (C=O) groups is 1. The van der Waals surface area contributed by atoms with Crippen LogP contribution in [0.1, 0.15) is 22.3 Å². The summed E-state index contributed by atoms with van der Waals surface area (Å²) < 4.78 is 1.77. The number of anilines is 1. The summed E-state index contributed by atoms with van der Waals surface area (Å²) in [7, 11) is 1.80. The number of pyridine rings is 1. The second-order valence-corrected chi connectivity index (χ2v) is 5.87. The lowest BCUT2D eigenvalue weighted by Gasteiger charge is -2.08. The van der Waals surface area contributed by atoms with Gasteiger partial charge in [-0.2, -0.15) is 0 Å². The van der Waals surface area contributed by atoms with E-state index in [-0.39, 0.29) is 11.0 Å². The van der Waals surface area contributed by atoms with Crippen molar-refractivity contribution >= 4 is 33.3 Å². The summed E-state index contributed by atoms with van der Waals surface area (Å²) in [5.41, 5.74) is 0.592. The summed E-state index contributed by atoms with van der Waals surface area (Å²) in [6.45, 7) is 1.96. The SMILES string of the molecule is CCc1nnc(NC(=O)c2cn(C)c3ccccc3c2=O)s1. The molecule has 0 spiro atoms. The van der Waals surface area contributed by atoms with E-state index < -0.39 is 5.91 Å². The number of benzene rings is 1. The molecule has 0 atom stereocenters. The number of hydrogen-bond donors (Lipinski definition) is 1. The number of nitrogens with zero attached hydrogens (tertiary/aromatic N) is 3. The highest BCUT2D eigenvalue weighted by Gasteiger charge is 2.16. The van der Waals surface area contributed by atoms with Crippen LogP contribution in [0.4, 0.5) is 5.13 Å². The fraction of sp³-hybridized carbons (Fsp3) is 0.200. The molecule has 3 rings (SSSR count). The van der Waals surface area contributed by atoms with Crippen LogP contribution in [0, 0.1) is 0 Å². The van der Waals surface area contributed by atoms with E-state index in [1.54, 1.807) is 29.9 Å². The fourth-order valence-corrected chi connectivity index (χ4v) is 2.89. The smallest absolute Gasteiger partial charge is 0.262 e. The standard InChI is InChI=1S/C15H14N4O2S/c1-3-12-17-18-15(22-12)16-14(21)10-8-19(2)11-7-5-4-6-9(11)13(10)20/h4-8H,3H2,1-2H3,(H,16,18,21). The third-order valence-electron chi connectivity index (χ3n) is 3.33. The average molecular weight is 314 g/mol. The van der Waals surface area contributed by atoms with E-state index in [1.807, 2.05) is 19.1 Å². The number of nitrogens with one attached hydrogen (secondary N) is 1. The molecule has 112 valence electrons. The molecule has 1 aromatic carbocycles. The van der Waals surface area contributed by atoms with Crippen LogP contribution in [0.15, 0.2) is 35.3 Å². The van der Waals surface area contributed by atoms with Gasteiger partial charge in [0.2, 0.25) is 10.6 Å². The molecule has 0 aliphatic heterocycles. The number of carbonyl (C=O) groups excluding carboxylic acids is 1. The first-order valence-electron chi connectivity index (χ1n) is 6.82. The van der Waals surface area contributed by atoms with Gasteiger partial charge in [0, 0.05) is 18.6 Å². The van der Waals surface area contributed by atoms with Gasteiger partial charge in [-0.3, -0.25) is 14.9 Å². The molecule has 6 nitrogen and oxygen atoms in total. The van der Waals surface area contributed by atoms with E-state index in [9.17, 15) is 9.59 Å². The minimum absolute atomic E-state index is 0.0921. The Kier molecular flexibility index (Phi) is 3.72. The molecule has 2 heterocycles. The Labute approximate surface area is 130 Å². The number of fused-ring (bicyclic) bond motifs is 1. The molecule has 0 radical (unpaired) electrons. The lowest BCUT2D eigenvalue weighted by molar-refractivity contribution is 0.102. The highest BCUT2D eigenvalue weighted by molar-refractivity contribution is 7.15. The number of rotatable bonds is 3. The van der Waals surface area contributed by atoms with E-state index >= 15 is 0 Å². The number of hydrogen-bond acceptors (Lipinski definition) is 5. The molecule has 0 saturated carbocycles. The van der Waals surface area contributed by atoms with E-state index in [2.05, 4.69) is 15.5 Å². The number of para-hydroxylation sites is 1. The highest BCUT2D eigenvalue weighted by Crippen LogP contribution is 2.16. The fourth-order valence-electron chi connectivity index (χ4n) is 2.21. The van der Waals surface area contributed by atoms with Crippen molar-refractivity contribution in [1.82, 2.24) is 14.8 Å². The first-order chi connectivity index (χ1) is 10.6. The summed E-state index contributed by atoms with van der Waals surface area (Å²) in [6, 6.07) is 7.20. The predicted octanol–water partition coefficient (Wildman–Crippen LogP) is 2.20. The Hall–Kier alpha value is -2.54. The second-order valence-electron chi connectivity index (χ2n) is 4.81. The number of aromatic nitrogens is 3. The van der Waals surface area contributed by atoms with Crippen molar-refractivity contribution in [2.45, 2.75) is 13.3 Å². The minimum Gasteiger partial charge on any atom is -0.350 e. The van der Waals surface area contributed by atoms with Crippen molar-refractivity contribution in [2.24, 2.45) is 7.05 Å². The first-order valence-corrected chi connectivity index (χ1v) is 7.64. The van der Waals surface area contributed by atoms with Crippen LogP contribution >= 0.6 is 11.3 Å². The Morgan fingerprint density at radius 1 is 1.32 bits per heavy atom. The zero-order chi connectivity index (χ0) is 15.7. The van der Waals surface area contributed by atoms with Crippen LogP contribution in [-0.4, -0.2) is 20.7 Å². The minimum atomic E-state index is -0.467. The molecule has 0 saturated heterocycles. The molecule has 3 aromatic rings. The van der Waals surface area contributed by atoms with Crippen molar-refractivity contribution in [3.05, 3.63) is 51.3 Å². The first kappa shape index (κ1) is 14.4. The molecular weight excluding hydrogens is 300 g/mol. The molecule has 1 amide bonds. The maximum atomic E-state index is 12.5. The van der Waals surface area contributed by atoms with Gasteiger partial charge < -0.3 is 4.57 Å². The van der Waals surface area contributed by atoms with Gasteiger partial charge in [0.15, 0.2) is 0 Å². The summed E-state index contributed by atoms with van der Waals surface area (Å²) in [5, 5.41) is 12.2. The van der Waals surface area contributed by atoms with E-state index in [1.165, 1.54) is 11.3 Å². The van der Waals surface area contributed by atoms with Crippen LogP contribution in [0.5, 0.6) is 0 Å². The van der Waals surface area contributed by atoms with Crippen molar-refractivity contribution in [1.29, 1.82) is 0 Å². The molecule has 0 aliphatic carbocycles. The summed E-state index contributed by atoms with van der Waals surface area (Å²) in [4.78, 5) is 24.8. The Bertz CT molecular complexity index is 913. The monoisotopic (exact) mass is 314 g/mol. The zero-order valence-corrected chi connectivity index (χ0v) is 13.0. The van der Waals surface area contributed by atoms with Gasteiger partial charge in [-0.05, 0) is 18.6 Å². The Morgan fingerprint density at radius 3 is 2.82 bits per heavy atom. The molecule has 0 aliphatic rings. The predicted molar refractivity (Wildman–Crippen MR) is 86.4 cm³/mol. The van der Waals surface area contributed by atoms with Crippen LogP contribution in [0.25, 0.3) is 10.9 Å². The molecule has 0 bridgehead atoms. The van der Waals surface area contributed by atoms with E-state index in [0.717, 1.165) is 16.9 Å². The van der Waals surface area contributed by atoms with Crippen LogP contribution < -0.4 is 10.7 Å². The lowest BCUT2D eigenvalue weighted by Crippen LogP contribution is -2.23. The Morgan fingerprint density at radius 2 is 2.09 bits per heavy atom. The third-order valence-corrected chi connectivity index (χ3v) is 4.31. The molecule has 0 unspecified atom stereocenters. The molecule has 7 heteroatoms. The van der Waals surface area contributed by atoms with Gasteiger partial charge in [-0.1, -0.05) is 30.4 Å². The van der Waals surface area contributed by atoms with E-state index in [4.69, 9.17) is 0 Å². The number of amides is 1. The summed E-state index contributed by atoms with van der Waals surface area (Å²) in [6.07, 6.45) is 2.30. The highest BCUT2D eigenvalue weighted by atomic mass is 32.1. The molecule has 2 aromatic heterocycles. The lowest BCUT2D eigenvalue weighted by atomic mass is 10.1. The van der Waals surface area contributed by atoms with Gasteiger partial charge >= 0.3 is 0 Å². The van der Waals surface area contributed by atoms with E-state index in [0.29, 0.717) is 10.5 Å². The van der Waals surface area contributed by atoms with Gasteiger partial charge in [0.25, 0.3) is 5.91 Å². The average Bonchev–Trinajstić information content (AvgIpc) is 2.98. The molecule has 22 heavy (non-hydrogen) atoms. The van der Waals surface area contributed by atoms with Crippen LogP contribution in [0.3, 0.4) is 0 Å². The van der Waals surface area contributed by atoms with Crippen molar-refractivity contribution in [2.75, 3.05) is 5.32 Å². The van der Waals surface area contributed by atoms with Gasteiger partial charge in [-0.25, -0.2) is 0 Å². The van der Waals surface area contributed by atoms with Gasteiger partial charge in [0.1, 0.15) is 10.6 Å². The molecular formula is C15H14N4O2S. The molecule has 1 N–H and O–H groups in total. The Balaban J connectivity index is 2.00. The summed E-state index contributed by atoms with van der Waals surface area (Å²) in [5.74, 6) is -0.467. The van der Waals surface area contributed by atoms with Crippen molar-refractivity contribution in [3.8, 4) is 0 Å². The quantitative estimate of drug-likeness (QED) is 0.804. The maximum absolute atomic E-state index is 12.5. The van der Waals surface area contributed by atoms with Crippen molar-refractivity contribution < 1.29 is 4.79 Å². The van der Waals surface area contributed by atoms with Crippen LogP contribution in [0.2, 0.25) is 0 Å². The third kappa shape index (κ3) is 2.50. The topological polar surface area (TPSA) is 76.9 Å². The number of aryl methyl sites for hydroxylation is 2. The van der Waals surface area contributed by atoms with Crippen molar-refractivity contribution in [3.63, 3.8) is 0 Å².